The molecular formula is C28H28ClFN4O. The van der Waals surface area contributed by atoms with Crippen LogP contribution in [-0.2, 0) is 11.3 Å². The van der Waals surface area contributed by atoms with Crippen LogP contribution in [0, 0.1) is 5.82 Å². The predicted octanol–water partition coefficient (Wildman–Crippen LogP) is 4.97. The Labute approximate surface area is 210 Å². The second-order valence-corrected chi connectivity index (χ2v) is 9.51. The molecule has 2 heterocycles. The number of benzene rings is 3. The largest absolute Gasteiger partial charge is 0.297 e. The molecule has 0 bridgehead atoms. The van der Waals surface area contributed by atoms with Crippen molar-refractivity contribution in [1.29, 1.82) is 0 Å². The Bertz CT molecular complexity index is 1190. The quantitative estimate of drug-likeness (QED) is 0.489. The standard InChI is InChI=1S/C28H28ClFN4O/c29-23-12-10-22(11-13-23)27-18-26(24-8-4-5-9-25(24)30)31-34(27)28(35)20-33-16-14-32(15-17-33)19-21-6-2-1-3-7-21/h1-13,27H,14-20H2/t27-/m1/s1. The zero-order valence-electron chi connectivity index (χ0n) is 19.5. The van der Waals surface area contributed by atoms with Crippen molar-refractivity contribution in [2.75, 3.05) is 32.7 Å². The Kier molecular flexibility index (Phi) is 7.23. The first kappa shape index (κ1) is 23.7. The molecule has 1 atom stereocenters. The van der Waals surface area contributed by atoms with Crippen molar-refractivity contribution in [2.45, 2.75) is 19.0 Å². The highest BCUT2D eigenvalue weighted by molar-refractivity contribution is 6.30. The Hall–Kier alpha value is -3.06. The zero-order chi connectivity index (χ0) is 24.2. The first-order valence-electron chi connectivity index (χ1n) is 12.0. The van der Waals surface area contributed by atoms with Gasteiger partial charge in [-0.2, -0.15) is 5.10 Å². The monoisotopic (exact) mass is 490 g/mol. The van der Waals surface area contributed by atoms with Crippen LogP contribution < -0.4 is 0 Å². The second kappa shape index (κ2) is 10.7. The minimum atomic E-state index is -0.329. The summed E-state index contributed by atoms with van der Waals surface area (Å²) in [6.45, 7) is 4.67. The fraction of sp³-hybridized carbons (Fsp3) is 0.286. The molecule has 5 nitrogen and oxygen atoms in total. The highest BCUT2D eigenvalue weighted by Gasteiger charge is 2.34. The Balaban J connectivity index is 1.28. The fourth-order valence-electron chi connectivity index (χ4n) is 4.75. The topological polar surface area (TPSA) is 39.2 Å². The van der Waals surface area contributed by atoms with Crippen molar-refractivity contribution in [3.8, 4) is 0 Å². The molecule has 0 unspecified atom stereocenters. The first-order valence-corrected chi connectivity index (χ1v) is 12.3. The molecule has 1 fully saturated rings. The first-order chi connectivity index (χ1) is 17.1. The van der Waals surface area contributed by atoms with E-state index < -0.39 is 0 Å². The molecule has 1 amide bonds. The summed E-state index contributed by atoms with van der Waals surface area (Å²) < 4.78 is 14.5. The highest BCUT2D eigenvalue weighted by atomic mass is 35.5. The molecule has 3 aromatic rings. The van der Waals surface area contributed by atoms with E-state index in [0.717, 1.165) is 38.3 Å². The summed E-state index contributed by atoms with van der Waals surface area (Å²) in [5.41, 5.74) is 3.26. The summed E-state index contributed by atoms with van der Waals surface area (Å²) in [7, 11) is 0. The summed E-state index contributed by atoms with van der Waals surface area (Å²) in [6.07, 6.45) is 0.457. The Morgan fingerprint density at radius 2 is 1.54 bits per heavy atom. The molecule has 0 spiro atoms. The number of nitrogens with zero attached hydrogens (tertiary/aromatic N) is 4. The number of piperazine rings is 1. The SMILES string of the molecule is O=C(CN1CCN(Cc2ccccc2)CC1)N1N=C(c2ccccc2F)C[C@@H]1c1ccc(Cl)cc1. The van der Waals surface area contributed by atoms with Gasteiger partial charge >= 0.3 is 0 Å². The summed E-state index contributed by atoms with van der Waals surface area (Å²) in [4.78, 5) is 18.0. The predicted molar refractivity (Wildman–Crippen MR) is 137 cm³/mol. The molecule has 2 aliphatic heterocycles. The van der Waals surface area contributed by atoms with E-state index in [1.54, 1.807) is 23.2 Å². The van der Waals surface area contributed by atoms with Gasteiger partial charge in [-0.15, -0.1) is 0 Å². The lowest BCUT2D eigenvalue weighted by molar-refractivity contribution is -0.134. The Morgan fingerprint density at radius 1 is 0.886 bits per heavy atom. The van der Waals surface area contributed by atoms with Crippen LogP contribution >= 0.6 is 11.6 Å². The molecule has 0 N–H and O–H groups in total. The van der Waals surface area contributed by atoms with Gasteiger partial charge in [0.05, 0.1) is 18.3 Å². The number of halogens is 2. The average Bonchev–Trinajstić information content (AvgIpc) is 3.32. The summed E-state index contributed by atoms with van der Waals surface area (Å²) in [6, 6.07) is 24.2. The molecular weight excluding hydrogens is 463 g/mol. The van der Waals surface area contributed by atoms with E-state index in [-0.39, 0.29) is 24.3 Å². The van der Waals surface area contributed by atoms with Crippen LogP contribution in [0.1, 0.15) is 29.2 Å². The number of hydrogen-bond donors (Lipinski definition) is 0. The molecule has 2 aliphatic rings. The van der Waals surface area contributed by atoms with Gasteiger partial charge in [0.15, 0.2) is 0 Å². The lowest BCUT2D eigenvalue weighted by Gasteiger charge is -2.35. The van der Waals surface area contributed by atoms with Crippen molar-refractivity contribution in [2.24, 2.45) is 5.10 Å². The lowest BCUT2D eigenvalue weighted by Crippen LogP contribution is -2.49. The summed E-state index contributed by atoms with van der Waals surface area (Å²) in [5, 5.41) is 6.80. The number of carbonyl (C=O) groups is 1. The fourth-order valence-corrected chi connectivity index (χ4v) is 4.88. The van der Waals surface area contributed by atoms with Crippen LogP contribution in [0.4, 0.5) is 4.39 Å². The van der Waals surface area contributed by atoms with Crippen LogP contribution in [0.5, 0.6) is 0 Å². The van der Waals surface area contributed by atoms with Gasteiger partial charge in [0.2, 0.25) is 0 Å². The van der Waals surface area contributed by atoms with E-state index >= 15 is 0 Å². The van der Waals surface area contributed by atoms with Gasteiger partial charge in [0.25, 0.3) is 5.91 Å². The molecule has 5 rings (SSSR count). The normalized spacial score (nSPS) is 19.1. The maximum atomic E-state index is 14.5. The molecule has 1 saturated heterocycles. The van der Waals surface area contributed by atoms with E-state index in [4.69, 9.17) is 11.6 Å². The second-order valence-electron chi connectivity index (χ2n) is 9.07. The molecule has 0 aliphatic carbocycles. The van der Waals surface area contributed by atoms with Gasteiger partial charge in [-0.1, -0.05) is 72.3 Å². The molecule has 180 valence electrons. The van der Waals surface area contributed by atoms with E-state index in [2.05, 4.69) is 39.2 Å². The minimum absolute atomic E-state index is 0.0761. The van der Waals surface area contributed by atoms with Gasteiger partial charge in [0, 0.05) is 49.7 Å². The third-order valence-corrected chi connectivity index (χ3v) is 6.93. The third kappa shape index (κ3) is 5.61. The molecule has 3 aromatic carbocycles. The maximum absolute atomic E-state index is 14.5. The van der Waals surface area contributed by atoms with Gasteiger partial charge in [-0.05, 0) is 29.3 Å². The van der Waals surface area contributed by atoms with E-state index in [1.807, 2.05) is 30.3 Å². The molecule has 0 radical (unpaired) electrons. The van der Waals surface area contributed by atoms with E-state index in [1.165, 1.54) is 11.6 Å². The number of hydrazone groups is 1. The molecule has 0 saturated carbocycles. The highest BCUT2D eigenvalue weighted by Crippen LogP contribution is 2.34. The Morgan fingerprint density at radius 3 is 2.26 bits per heavy atom. The van der Waals surface area contributed by atoms with Crippen LogP contribution in [0.25, 0.3) is 0 Å². The van der Waals surface area contributed by atoms with Crippen molar-refractivity contribution >= 4 is 23.2 Å². The van der Waals surface area contributed by atoms with E-state index in [0.29, 0.717) is 22.7 Å². The van der Waals surface area contributed by atoms with Crippen molar-refractivity contribution in [3.63, 3.8) is 0 Å². The van der Waals surface area contributed by atoms with Crippen LogP contribution in [-0.4, -0.2) is 59.2 Å². The van der Waals surface area contributed by atoms with Crippen LogP contribution in [0.15, 0.2) is 84.0 Å². The summed E-state index contributed by atoms with van der Waals surface area (Å²) >= 11 is 6.08. The van der Waals surface area contributed by atoms with E-state index in [9.17, 15) is 9.18 Å². The number of hydrogen-bond acceptors (Lipinski definition) is 4. The van der Waals surface area contributed by atoms with Gasteiger partial charge < -0.3 is 0 Å². The third-order valence-electron chi connectivity index (χ3n) is 6.68. The summed E-state index contributed by atoms with van der Waals surface area (Å²) in [5.74, 6) is -0.405. The van der Waals surface area contributed by atoms with Crippen molar-refractivity contribution in [1.82, 2.24) is 14.8 Å². The smallest absolute Gasteiger partial charge is 0.257 e. The molecule has 35 heavy (non-hydrogen) atoms. The van der Waals surface area contributed by atoms with Crippen molar-refractivity contribution in [3.05, 3.63) is 106 Å². The van der Waals surface area contributed by atoms with Gasteiger partial charge in [0.1, 0.15) is 5.82 Å². The molecule has 0 aromatic heterocycles. The number of carbonyl (C=O) groups excluding carboxylic acids is 1. The van der Waals surface area contributed by atoms with Crippen LogP contribution in [0.3, 0.4) is 0 Å². The van der Waals surface area contributed by atoms with Crippen molar-refractivity contribution < 1.29 is 9.18 Å². The minimum Gasteiger partial charge on any atom is -0.297 e. The zero-order valence-corrected chi connectivity index (χ0v) is 20.2. The van der Waals surface area contributed by atoms with Gasteiger partial charge in [-0.3, -0.25) is 14.6 Å². The maximum Gasteiger partial charge on any atom is 0.257 e. The number of amides is 1. The van der Waals surface area contributed by atoms with Crippen LogP contribution in [0.2, 0.25) is 5.02 Å². The lowest BCUT2D eigenvalue weighted by atomic mass is 9.98. The molecule has 7 heteroatoms. The van der Waals surface area contributed by atoms with Gasteiger partial charge in [-0.25, -0.2) is 9.40 Å². The average molecular weight is 491 g/mol. The number of rotatable bonds is 6.